The van der Waals surface area contributed by atoms with E-state index in [1.54, 1.807) is 12.1 Å². The number of benzene rings is 2. The Labute approximate surface area is 146 Å². The first-order valence-electron chi connectivity index (χ1n) is 7.32. The summed E-state index contributed by atoms with van der Waals surface area (Å²) < 4.78 is 14.7. The standard InChI is InChI=1S/C17H14BrFN4O/c18-11-4-6-12(7-5-11)23-15(24)8-9-20-17-13-2-1-3-14(19)16(13)21-10-22-17/h1-7,10H,8-9H2,(H,23,24)(H,20,21,22). The van der Waals surface area contributed by atoms with Crippen LogP contribution in [-0.2, 0) is 4.79 Å². The molecule has 0 fully saturated rings. The molecule has 0 bridgehead atoms. The quantitative estimate of drug-likeness (QED) is 0.693. The van der Waals surface area contributed by atoms with Crippen LogP contribution in [0.4, 0.5) is 15.9 Å². The third-order valence-corrected chi connectivity index (χ3v) is 3.92. The Hall–Kier alpha value is -2.54. The predicted molar refractivity (Wildman–Crippen MR) is 95.4 cm³/mol. The number of amides is 1. The second-order valence-electron chi connectivity index (χ2n) is 5.09. The summed E-state index contributed by atoms with van der Waals surface area (Å²) in [7, 11) is 0. The zero-order valence-corrected chi connectivity index (χ0v) is 14.2. The Balaban J connectivity index is 1.59. The summed E-state index contributed by atoms with van der Waals surface area (Å²) >= 11 is 3.34. The molecular formula is C17H14BrFN4O. The second kappa shape index (κ2) is 7.35. The molecule has 1 heterocycles. The number of aromatic nitrogens is 2. The number of hydrogen-bond acceptors (Lipinski definition) is 4. The maximum absolute atomic E-state index is 13.7. The van der Waals surface area contributed by atoms with Gasteiger partial charge < -0.3 is 10.6 Å². The molecule has 2 N–H and O–H groups in total. The summed E-state index contributed by atoms with van der Waals surface area (Å²) in [6.07, 6.45) is 1.56. The van der Waals surface area contributed by atoms with Gasteiger partial charge in [-0.25, -0.2) is 14.4 Å². The molecule has 3 aromatic rings. The number of fused-ring (bicyclic) bond motifs is 1. The Bertz CT molecular complexity index is 870. The molecule has 0 saturated heterocycles. The zero-order valence-electron chi connectivity index (χ0n) is 12.6. The number of anilines is 2. The number of rotatable bonds is 5. The Morgan fingerprint density at radius 2 is 1.92 bits per heavy atom. The van der Waals surface area contributed by atoms with Crippen LogP contribution in [0.25, 0.3) is 10.9 Å². The summed E-state index contributed by atoms with van der Waals surface area (Å²) in [5.41, 5.74) is 0.993. The van der Waals surface area contributed by atoms with Gasteiger partial charge in [0, 0.05) is 28.5 Å². The maximum Gasteiger partial charge on any atom is 0.226 e. The molecule has 1 aromatic heterocycles. The number of carbonyl (C=O) groups excluding carboxylic acids is 1. The lowest BCUT2D eigenvalue weighted by atomic mass is 10.2. The molecule has 24 heavy (non-hydrogen) atoms. The maximum atomic E-state index is 13.7. The summed E-state index contributed by atoms with van der Waals surface area (Å²) in [5.74, 6) is -0.00348. The SMILES string of the molecule is O=C(CCNc1ncnc2c(F)cccc12)Nc1ccc(Br)cc1. The van der Waals surface area contributed by atoms with Crippen molar-refractivity contribution in [3.63, 3.8) is 0 Å². The largest absolute Gasteiger partial charge is 0.369 e. The molecule has 1 amide bonds. The molecule has 5 nitrogen and oxygen atoms in total. The van der Waals surface area contributed by atoms with E-state index in [2.05, 4.69) is 36.5 Å². The van der Waals surface area contributed by atoms with Gasteiger partial charge in [0.2, 0.25) is 5.91 Å². The van der Waals surface area contributed by atoms with E-state index in [0.29, 0.717) is 17.7 Å². The highest BCUT2D eigenvalue weighted by Crippen LogP contribution is 2.21. The number of hydrogen-bond donors (Lipinski definition) is 2. The lowest BCUT2D eigenvalue weighted by Gasteiger charge is -2.09. The van der Waals surface area contributed by atoms with Crippen molar-refractivity contribution in [2.75, 3.05) is 17.2 Å². The molecule has 0 aliphatic heterocycles. The van der Waals surface area contributed by atoms with Gasteiger partial charge in [0.15, 0.2) is 0 Å². The first-order valence-corrected chi connectivity index (χ1v) is 8.11. The van der Waals surface area contributed by atoms with Gasteiger partial charge in [-0.3, -0.25) is 4.79 Å². The molecule has 0 aliphatic rings. The second-order valence-corrected chi connectivity index (χ2v) is 6.01. The predicted octanol–water partition coefficient (Wildman–Crippen LogP) is 3.97. The van der Waals surface area contributed by atoms with Crippen molar-refractivity contribution in [3.8, 4) is 0 Å². The van der Waals surface area contributed by atoms with E-state index in [1.807, 2.05) is 24.3 Å². The van der Waals surface area contributed by atoms with Gasteiger partial charge in [0.25, 0.3) is 0 Å². The minimum atomic E-state index is -0.397. The zero-order chi connectivity index (χ0) is 16.9. The highest BCUT2D eigenvalue weighted by atomic mass is 79.9. The average Bonchev–Trinajstić information content (AvgIpc) is 2.58. The molecule has 122 valence electrons. The van der Waals surface area contributed by atoms with Gasteiger partial charge in [-0.2, -0.15) is 0 Å². The summed E-state index contributed by atoms with van der Waals surface area (Å²) in [6.45, 7) is 0.380. The lowest BCUT2D eigenvalue weighted by molar-refractivity contribution is -0.115. The molecule has 0 aliphatic carbocycles. The Kier molecular flexibility index (Phi) is 5.00. The first-order chi connectivity index (χ1) is 11.6. The third kappa shape index (κ3) is 3.86. The number of nitrogens with one attached hydrogen (secondary N) is 2. The molecular weight excluding hydrogens is 375 g/mol. The number of nitrogens with zero attached hydrogens (tertiary/aromatic N) is 2. The van der Waals surface area contributed by atoms with Gasteiger partial charge in [-0.05, 0) is 36.4 Å². The Morgan fingerprint density at radius 1 is 1.12 bits per heavy atom. The molecule has 2 aromatic carbocycles. The van der Waals surface area contributed by atoms with Crippen LogP contribution in [0, 0.1) is 5.82 Å². The topological polar surface area (TPSA) is 66.9 Å². The molecule has 3 rings (SSSR count). The van der Waals surface area contributed by atoms with Crippen molar-refractivity contribution in [3.05, 3.63) is 59.1 Å². The van der Waals surface area contributed by atoms with E-state index in [9.17, 15) is 9.18 Å². The van der Waals surface area contributed by atoms with Crippen LogP contribution in [-0.4, -0.2) is 22.4 Å². The van der Waals surface area contributed by atoms with Crippen molar-refractivity contribution in [1.29, 1.82) is 0 Å². The van der Waals surface area contributed by atoms with Gasteiger partial charge >= 0.3 is 0 Å². The molecule has 0 saturated carbocycles. The van der Waals surface area contributed by atoms with E-state index in [0.717, 1.165) is 10.2 Å². The van der Waals surface area contributed by atoms with Crippen LogP contribution in [0.2, 0.25) is 0 Å². The van der Waals surface area contributed by atoms with Crippen LogP contribution in [0.15, 0.2) is 53.3 Å². The summed E-state index contributed by atoms with van der Waals surface area (Å²) in [5, 5.41) is 6.45. The van der Waals surface area contributed by atoms with E-state index in [-0.39, 0.29) is 17.8 Å². The van der Waals surface area contributed by atoms with Crippen molar-refractivity contribution in [2.24, 2.45) is 0 Å². The van der Waals surface area contributed by atoms with Crippen LogP contribution in [0.5, 0.6) is 0 Å². The van der Waals surface area contributed by atoms with Crippen molar-refractivity contribution < 1.29 is 9.18 Å². The fourth-order valence-electron chi connectivity index (χ4n) is 2.24. The van der Waals surface area contributed by atoms with Crippen molar-refractivity contribution in [1.82, 2.24) is 9.97 Å². The van der Waals surface area contributed by atoms with E-state index in [1.165, 1.54) is 12.4 Å². The average molecular weight is 389 g/mol. The molecule has 7 heteroatoms. The highest BCUT2D eigenvalue weighted by molar-refractivity contribution is 9.10. The first kappa shape index (κ1) is 16.3. The monoisotopic (exact) mass is 388 g/mol. The van der Waals surface area contributed by atoms with Gasteiger partial charge in [0.1, 0.15) is 23.5 Å². The van der Waals surface area contributed by atoms with Crippen molar-refractivity contribution >= 4 is 44.2 Å². The van der Waals surface area contributed by atoms with E-state index < -0.39 is 5.82 Å². The molecule has 0 unspecified atom stereocenters. The molecule has 0 atom stereocenters. The molecule has 0 spiro atoms. The van der Waals surface area contributed by atoms with Crippen LogP contribution in [0.3, 0.4) is 0 Å². The fraction of sp³-hybridized carbons (Fsp3) is 0.118. The molecule has 0 radical (unpaired) electrons. The number of para-hydroxylation sites is 1. The third-order valence-electron chi connectivity index (χ3n) is 3.39. The number of carbonyl (C=O) groups is 1. The van der Waals surface area contributed by atoms with Gasteiger partial charge in [-0.15, -0.1) is 0 Å². The van der Waals surface area contributed by atoms with Crippen molar-refractivity contribution in [2.45, 2.75) is 6.42 Å². The smallest absolute Gasteiger partial charge is 0.226 e. The van der Waals surface area contributed by atoms with Crippen LogP contribution < -0.4 is 10.6 Å². The number of halogens is 2. The van der Waals surface area contributed by atoms with Gasteiger partial charge in [0.05, 0.1) is 0 Å². The van der Waals surface area contributed by atoms with Crippen LogP contribution >= 0.6 is 15.9 Å². The summed E-state index contributed by atoms with van der Waals surface area (Å²) in [4.78, 5) is 20.0. The van der Waals surface area contributed by atoms with E-state index >= 15 is 0 Å². The minimum Gasteiger partial charge on any atom is -0.369 e. The normalized spacial score (nSPS) is 10.6. The van der Waals surface area contributed by atoms with E-state index in [4.69, 9.17) is 0 Å². The van der Waals surface area contributed by atoms with Crippen LogP contribution in [0.1, 0.15) is 6.42 Å². The Morgan fingerprint density at radius 3 is 2.71 bits per heavy atom. The summed E-state index contributed by atoms with van der Waals surface area (Å²) in [6, 6.07) is 12.0. The van der Waals surface area contributed by atoms with Gasteiger partial charge in [-0.1, -0.05) is 22.0 Å². The minimum absolute atomic E-state index is 0.116. The fourth-order valence-corrected chi connectivity index (χ4v) is 2.51. The lowest BCUT2D eigenvalue weighted by Crippen LogP contribution is -2.16. The highest BCUT2D eigenvalue weighted by Gasteiger charge is 2.08.